The lowest BCUT2D eigenvalue weighted by Crippen LogP contribution is -2.51. The van der Waals surface area contributed by atoms with Crippen LogP contribution in [-0.2, 0) is 22.3 Å². The van der Waals surface area contributed by atoms with Gasteiger partial charge in [-0.05, 0) is 30.3 Å². The first-order chi connectivity index (χ1) is 13.7. The highest BCUT2D eigenvalue weighted by atomic mass is 35.5. The average molecular weight is 430 g/mol. The number of piperazine rings is 1. The van der Waals surface area contributed by atoms with Gasteiger partial charge in [0.25, 0.3) is 0 Å². The summed E-state index contributed by atoms with van der Waals surface area (Å²) in [5, 5.41) is 6.38. The van der Waals surface area contributed by atoms with E-state index in [1.807, 2.05) is 12.1 Å². The Kier molecular flexibility index (Phi) is 6.31. The van der Waals surface area contributed by atoms with E-state index in [9.17, 15) is 22.8 Å². The highest BCUT2D eigenvalue weighted by Crippen LogP contribution is 2.27. The first-order valence-electron chi connectivity index (χ1n) is 8.88. The molecule has 0 bridgehead atoms. The Balaban J connectivity index is 1.42. The van der Waals surface area contributed by atoms with Crippen molar-refractivity contribution >= 4 is 29.1 Å². The zero-order chi connectivity index (χ0) is 21.0. The van der Waals surface area contributed by atoms with Crippen LogP contribution in [0.2, 0.25) is 5.02 Å². The molecule has 0 radical (unpaired) electrons. The summed E-state index contributed by atoms with van der Waals surface area (Å²) in [5.74, 6) is -0.833. The number of nitrogens with zero attached hydrogens (tertiary/aromatic N) is 4. The summed E-state index contributed by atoms with van der Waals surface area (Å²) in [7, 11) is 0. The molecule has 1 saturated heterocycles. The third-order valence-electron chi connectivity index (χ3n) is 4.50. The Morgan fingerprint density at radius 2 is 1.72 bits per heavy atom. The zero-order valence-electron chi connectivity index (χ0n) is 15.3. The van der Waals surface area contributed by atoms with Crippen molar-refractivity contribution in [2.24, 2.45) is 0 Å². The number of benzene rings is 1. The van der Waals surface area contributed by atoms with Gasteiger partial charge < -0.3 is 15.1 Å². The van der Waals surface area contributed by atoms with Gasteiger partial charge in [-0.3, -0.25) is 14.3 Å². The number of amides is 2. The molecule has 1 aromatic heterocycles. The Hall–Kier alpha value is -2.75. The van der Waals surface area contributed by atoms with Gasteiger partial charge in [0.05, 0.1) is 6.54 Å². The minimum absolute atomic E-state index is 0.215. The van der Waals surface area contributed by atoms with Crippen molar-refractivity contribution in [3.8, 4) is 0 Å². The summed E-state index contributed by atoms with van der Waals surface area (Å²) >= 11 is 5.89. The molecule has 0 spiro atoms. The van der Waals surface area contributed by atoms with Crippen LogP contribution in [0.4, 0.5) is 18.9 Å². The standard InChI is InChI=1S/C18H19ClF3N5O2/c19-13-1-3-14(4-2-13)25-7-9-26(10-8-25)17(29)11-23-16(28)12-27-6-5-15(24-27)18(20,21)22/h1-6H,7-12H2,(H,23,28). The predicted octanol–water partition coefficient (Wildman–Crippen LogP) is 2.02. The highest BCUT2D eigenvalue weighted by Gasteiger charge is 2.33. The summed E-state index contributed by atoms with van der Waals surface area (Å²) in [6.07, 6.45) is -3.49. The van der Waals surface area contributed by atoms with Crippen molar-refractivity contribution in [1.82, 2.24) is 20.0 Å². The lowest BCUT2D eigenvalue weighted by Gasteiger charge is -2.36. The van der Waals surface area contributed by atoms with Crippen LogP contribution >= 0.6 is 11.6 Å². The molecule has 1 N–H and O–H groups in total. The van der Waals surface area contributed by atoms with E-state index in [0.29, 0.717) is 31.2 Å². The first-order valence-corrected chi connectivity index (χ1v) is 9.26. The largest absolute Gasteiger partial charge is 0.435 e. The summed E-state index contributed by atoms with van der Waals surface area (Å²) in [4.78, 5) is 27.9. The second kappa shape index (κ2) is 8.73. The van der Waals surface area contributed by atoms with Crippen molar-refractivity contribution < 1.29 is 22.8 Å². The van der Waals surface area contributed by atoms with Gasteiger partial charge in [-0.15, -0.1) is 0 Å². The number of nitrogens with one attached hydrogen (secondary N) is 1. The second-order valence-corrected chi connectivity index (χ2v) is 6.95. The Bertz CT molecular complexity index is 861. The molecular formula is C18H19ClF3N5O2. The van der Waals surface area contributed by atoms with E-state index in [1.54, 1.807) is 17.0 Å². The lowest BCUT2D eigenvalue weighted by atomic mass is 10.2. The van der Waals surface area contributed by atoms with E-state index in [-0.39, 0.29) is 12.5 Å². The van der Waals surface area contributed by atoms with Gasteiger partial charge in [-0.1, -0.05) is 11.6 Å². The van der Waals surface area contributed by atoms with Crippen LogP contribution in [0.1, 0.15) is 5.69 Å². The van der Waals surface area contributed by atoms with Crippen LogP contribution in [0.3, 0.4) is 0 Å². The fraction of sp³-hybridized carbons (Fsp3) is 0.389. The molecule has 0 aliphatic carbocycles. The molecule has 1 aliphatic rings. The van der Waals surface area contributed by atoms with Crippen LogP contribution in [0.5, 0.6) is 0 Å². The number of hydrogen-bond acceptors (Lipinski definition) is 4. The van der Waals surface area contributed by atoms with Gasteiger partial charge in [-0.2, -0.15) is 18.3 Å². The third kappa shape index (κ3) is 5.63. The quantitative estimate of drug-likeness (QED) is 0.789. The highest BCUT2D eigenvalue weighted by molar-refractivity contribution is 6.30. The fourth-order valence-electron chi connectivity index (χ4n) is 2.96. The molecule has 3 rings (SSSR count). The van der Waals surface area contributed by atoms with Crippen molar-refractivity contribution in [3.05, 3.63) is 47.2 Å². The minimum Gasteiger partial charge on any atom is -0.368 e. The van der Waals surface area contributed by atoms with Gasteiger partial charge in [0, 0.05) is 43.1 Å². The Morgan fingerprint density at radius 3 is 2.31 bits per heavy atom. The maximum Gasteiger partial charge on any atom is 0.435 e. The van der Waals surface area contributed by atoms with Crippen molar-refractivity contribution in [2.75, 3.05) is 37.6 Å². The van der Waals surface area contributed by atoms with E-state index in [0.717, 1.165) is 22.6 Å². The van der Waals surface area contributed by atoms with Crippen LogP contribution in [0, 0.1) is 0 Å². The lowest BCUT2D eigenvalue weighted by molar-refractivity contribution is -0.141. The number of hydrogen-bond donors (Lipinski definition) is 1. The second-order valence-electron chi connectivity index (χ2n) is 6.52. The zero-order valence-corrected chi connectivity index (χ0v) is 16.1. The number of aromatic nitrogens is 2. The minimum atomic E-state index is -4.56. The molecule has 1 fully saturated rings. The van der Waals surface area contributed by atoms with Crippen LogP contribution < -0.4 is 10.2 Å². The van der Waals surface area contributed by atoms with E-state index < -0.39 is 24.3 Å². The van der Waals surface area contributed by atoms with Crippen molar-refractivity contribution in [3.63, 3.8) is 0 Å². The maximum absolute atomic E-state index is 12.5. The number of carbonyl (C=O) groups is 2. The number of anilines is 1. The molecule has 0 atom stereocenters. The molecule has 1 aliphatic heterocycles. The molecule has 0 unspecified atom stereocenters. The summed E-state index contributed by atoms with van der Waals surface area (Å²) < 4.78 is 38.4. The van der Waals surface area contributed by atoms with Crippen LogP contribution in [-0.4, -0.2) is 59.2 Å². The monoisotopic (exact) mass is 429 g/mol. The molecule has 2 aromatic rings. The molecule has 7 nitrogen and oxygen atoms in total. The van der Waals surface area contributed by atoms with Gasteiger partial charge in [-0.25, -0.2) is 0 Å². The van der Waals surface area contributed by atoms with Gasteiger partial charge >= 0.3 is 6.18 Å². The molecule has 2 amide bonds. The summed E-state index contributed by atoms with van der Waals surface area (Å²) in [6.45, 7) is 1.70. The molecule has 0 saturated carbocycles. The molecule has 1 aromatic carbocycles. The average Bonchev–Trinajstić information content (AvgIpc) is 3.16. The molecular weight excluding hydrogens is 411 g/mol. The first kappa shape index (κ1) is 21.0. The summed E-state index contributed by atoms with van der Waals surface area (Å²) in [6, 6.07) is 8.24. The van der Waals surface area contributed by atoms with E-state index in [2.05, 4.69) is 15.3 Å². The van der Waals surface area contributed by atoms with Crippen LogP contribution in [0.15, 0.2) is 36.5 Å². The molecule has 156 valence electrons. The number of rotatable bonds is 5. The van der Waals surface area contributed by atoms with Crippen molar-refractivity contribution in [1.29, 1.82) is 0 Å². The van der Waals surface area contributed by atoms with E-state index >= 15 is 0 Å². The Morgan fingerprint density at radius 1 is 1.07 bits per heavy atom. The van der Waals surface area contributed by atoms with Gasteiger partial charge in [0.2, 0.25) is 11.8 Å². The Labute approximate surface area is 170 Å². The molecule has 11 heteroatoms. The van der Waals surface area contributed by atoms with E-state index in [4.69, 9.17) is 11.6 Å². The molecule has 29 heavy (non-hydrogen) atoms. The predicted molar refractivity (Wildman–Crippen MR) is 100 cm³/mol. The number of carbonyl (C=O) groups excluding carboxylic acids is 2. The third-order valence-corrected chi connectivity index (χ3v) is 4.75. The van der Waals surface area contributed by atoms with Crippen LogP contribution in [0.25, 0.3) is 0 Å². The SMILES string of the molecule is O=C(Cn1ccc(C(F)(F)F)n1)NCC(=O)N1CCN(c2ccc(Cl)cc2)CC1. The molecule has 2 heterocycles. The summed E-state index contributed by atoms with van der Waals surface area (Å²) in [5.41, 5.74) is -0.0489. The van der Waals surface area contributed by atoms with Gasteiger partial charge in [0.15, 0.2) is 5.69 Å². The van der Waals surface area contributed by atoms with Gasteiger partial charge in [0.1, 0.15) is 6.54 Å². The van der Waals surface area contributed by atoms with Crippen molar-refractivity contribution in [2.45, 2.75) is 12.7 Å². The smallest absolute Gasteiger partial charge is 0.368 e. The normalized spacial score (nSPS) is 14.8. The van der Waals surface area contributed by atoms with E-state index in [1.165, 1.54) is 0 Å². The number of alkyl halides is 3. The number of halogens is 4. The fourth-order valence-corrected chi connectivity index (χ4v) is 3.08. The topological polar surface area (TPSA) is 70.5 Å². The maximum atomic E-state index is 12.5.